The number of alkyl halides is 1. The first-order valence-corrected chi connectivity index (χ1v) is 8.57. The van der Waals surface area contributed by atoms with Gasteiger partial charge in [-0.1, -0.05) is 24.3 Å². The van der Waals surface area contributed by atoms with Gasteiger partial charge in [-0.05, 0) is 36.2 Å². The summed E-state index contributed by atoms with van der Waals surface area (Å²) in [6, 6.07) is 12.6. The largest absolute Gasteiger partial charge is 0.335 e. The lowest BCUT2D eigenvalue weighted by molar-refractivity contribution is 0.0750. The lowest BCUT2D eigenvalue weighted by Gasteiger charge is -2.23. The first-order chi connectivity index (χ1) is 12.6. The van der Waals surface area contributed by atoms with Crippen LogP contribution in [0.25, 0.3) is 5.82 Å². The lowest BCUT2D eigenvalue weighted by Crippen LogP contribution is -2.32. The van der Waals surface area contributed by atoms with Crippen LogP contribution >= 0.6 is 0 Å². The quantitative estimate of drug-likeness (QED) is 0.728. The smallest absolute Gasteiger partial charge is 0.254 e. The number of halogens is 1. The van der Waals surface area contributed by atoms with Gasteiger partial charge >= 0.3 is 0 Å². The maximum absolute atomic E-state index is 15.5. The molecule has 0 bridgehead atoms. The molecule has 2 aromatic heterocycles. The lowest BCUT2D eigenvalue weighted by atomic mass is 9.91. The fourth-order valence-electron chi connectivity index (χ4n) is 3.51. The fraction of sp³-hybridized carbons (Fsp3) is 0.250. The molecule has 0 spiro atoms. The summed E-state index contributed by atoms with van der Waals surface area (Å²) < 4.78 is 17.1. The van der Waals surface area contributed by atoms with Gasteiger partial charge in [-0.15, -0.1) is 0 Å². The summed E-state index contributed by atoms with van der Waals surface area (Å²) in [4.78, 5) is 18.7. The maximum atomic E-state index is 15.5. The highest BCUT2D eigenvalue weighted by Crippen LogP contribution is 2.38. The number of carbonyl (C=O) groups excluding carboxylic acids is 1. The van der Waals surface area contributed by atoms with Crippen molar-refractivity contribution in [1.29, 1.82) is 0 Å². The van der Waals surface area contributed by atoms with Crippen molar-refractivity contribution in [3.8, 4) is 5.82 Å². The van der Waals surface area contributed by atoms with E-state index in [2.05, 4.69) is 10.1 Å². The van der Waals surface area contributed by atoms with Crippen molar-refractivity contribution < 1.29 is 9.18 Å². The molecule has 1 saturated heterocycles. The van der Waals surface area contributed by atoms with Gasteiger partial charge in [-0.3, -0.25) is 4.79 Å². The summed E-state index contributed by atoms with van der Waals surface area (Å²) >= 11 is 0. The molecule has 5 nitrogen and oxygen atoms in total. The topological polar surface area (TPSA) is 51.0 Å². The molecule has 132 valence electrons. The van der Waals surface area contributed by atoms with E-state index in [-0.39, 0.29) is 12.5 Å². The molecule has 0 N–H and O–H groups in total. The molecule has 1 amide bonds. The zero-order valence-corrected chi connectivity index (χ0v) is 14.5. The van der Waals surface area contributed by atoms with Gasteiger partial charge in [0.15, 0.2) is 11.5 Å². The monoisotopic (exact) mass is 350 g/mol. The van der Waals surface area contributed by atoms with Gasteiger partial charge in [0.2, 0.25) is 0 Å². The van der Waals surface area contributed by atoms with Crippen LogP contribution in [0.1, 0.15) is 27.9 Å². The number of nitrogens with zero attached hydrogens (tertiary/aromatic N) is 4. The third kappa shape index (κ3) is 2.87. The first kappa shape index (κ1) is 16.4. The minimum Gasteiger partial charge on any atom is -0.335 e. The van der Waals surface area contributed by atoms with Crippen LogP contribution in [-0.4, -0.2) is 38.7 Å². The molecule has 6 heteroatoms. The maximum Gasteiger partial charge on any atom is 0.254 e. The number of carbonyl (C=O) groups is 1. The SMILES string of the molecule is Cc1ccccc1C1(F)CCN(C(=O)c2ccnc(-n3cccn3)c2)C1. The van der Waals surface area contributed by atoms with E-state index in [9.17, 15) is 4.79 Å². The Morgan fingerprint density at radius 1 is 1.19 bits per heavy atom. The van der Waals surface area contributed by atoms with Crippen molar-refractivity contribution in [2.24, 2.45) is 0 Å². The van der Waals surface area contributed by atoms with E-state index in [1.54, 1.807) is 46.4 Å². The number of benzene rings is 1. The zero-order chi connectivity index (χ0) is 18.1. The Hall–Kier alpha value is -3.02. The van der Waals surface area contributed by atoms with Crippen molar-refractivity contribution in [2.75, 3.05) is 13.1 Å². The Labute approximate surface area is 151 Å². The number of hydrogen-bond donors (Lipinski definition) is 0. The number of aryl methyl sites for hydroxylation is 1. The molecule has 0 radical (unpaired) electrons. The summed E-state index contributed by atoms with van der Waals surface area (Å²) in [5.41, 5.74) is 0.565. The Kier molecular flexibility index (Phi) is 4.03. The molecular weight excluding hydrogens is 331 g/mol. The van der Waals surface area contributed by atoms with Crippen molar-refractivity contribution in [1.82, 2.24) is 19.7 Å². The van der Waals surface area contributed by atoms with E-state index in [4.69, 9.17) is 0 Å². The van der Waals surface area contributed by atoms with Crippen LogP contribution in [0.5, 0.6) is 0 Å². The van der Waals surface area contributed by atoms with Gasteiger partial charge in [-0.25, -0.2) is 14.1 Å². The second-order valence-electron chi connectivity index (χ2n) is 6.61. The van der Waals surface area contributed by atoms with Crippen LogP contribution in [0, 0.1) is 6.92 Å². The highest BCUT2D eigenvalue weighted by Gasteiger charge is 2.42. The average molecular weight is 350 g/mol. The van der Waals surface area contributed by atoms with E-state index < -0.39 is 5.67 Å². The highest BCUT2D eigenvalue weighted by molar-refractivity contribution is 5.94. The molecule has 1 aliphatic rings. The Morgan fingerprint density at radius 2 is 2.04 bits per heavy atom. The molecule has 4 rings (SSSR count). The third-order valence-corrected chi connectivity index (χ3v) is 4.87. The number of aromatic nitrogens is 3. The Bertz CT molecular complexity index is 940. The van der Waals surface area contributed by atoms with Crippen molar-refractivity contribution in [3.63, 3.8) is 0 Å². The summed E-state index contributed by atoms with van der Waals surface area (Å²) in [6.07, 6.45) is 5.29. The minimum atomic E-state index is -1.50. The summed E-state index contributed by atoms with van der Waals surface area (Å²) in [5.74, 6) is 0.374. The van der Waals surface area contributed by atoms with Crippen LogP contribution in [-0.2, 0) is 5.67 Å². The summed E-state index contributed by atoms with van der Waals surface area (Å²) in [7, 11) is 0. The van der Waals surface area contributed by atoms with Crippen LogP contribution < -0.4 is 0 Å². The van der Waals surface area contributed by atoms with Crippen LogP contribution in [0.15, 0.2) is 61.1 Å². The molecule has 3 aromatic rings. The predicted molar refractivity (Wildman–Crippen MR) is 95.8 cm³/mol. The molecule has 1 atom stereocenters. The standard InChI is InChI=1S/C20H19FN4O/c1-15-5-2-3-6-17(15)20(21)8-12-24(14-20)19(26)16-7-10-22-18(13-16)25-11-4-9-23-25/h2-7,9-11,13H,8,12,14H2,1H3. The van der Waals surface area contributed by atoms with E-state index in [0.29, 0.717) is 29.9 Å². The van der Waals surface area contributed by atoms with Gasteiger partial charge in [0.1, 0.15) is 0 Å². The van der Waals surface area contributed by atoms with Gasteiger partial charge in [-0.2, -0.15) is 5.10 Å². The van der Waals surface area contributed by atoms with Crippen LogP contribution in [0.4, 0.5) is 4.39 Å². The molecule has 1 aliphatic heterocycles. The molecular formula is C20H19FN4O. The number of rotatable bonds is 3. The molecule has 0 saturated carbocycles. The van der Waals surface area contributed by atoms with E-state index in [1.807, 2.05) is 31.2 Å². The fourth-order valence-corrected chi connectivity index (χ4v) is 3.51. The third-order valence-electron chi connectivity index (χ3n) is 4.87. The molecule has 1 unspecified atom stereocenters. The highest BCUT2D eigenvalue weighted by atomic mass is 19.1. The number of hydrogen-bond acceptors (Lipinski definition) is 3. The normalized spacial score (nSPS) is 19.7. The van der Waals surface area contributed by atoms with Gasteiger partial charge in [0.25, 0.3) is 5.91 Å². The molecule has 1 aromatic carbocycles. The Balaban J connectivity index is 1.57. The molecule has 3 heterocycles. The predicted octanol–water partition coefficient (Wildman–Crippen LogP) is 3.29. The number of likely N-dealkylation sites (tertiary alicyclic amines) is 1. The number of amides is 1. The Morgan fingerprint density at radius 3 is 2.81 bits per heavy atom. The summed E-state index contributed by atoms with van der Waals surface area (Å²) in [6.45, 7) is 2.36. The van der Waals surface area contributed by atoms with Gasteiger partial charge < -0.3 is 4.90 Å². The minimum absolute atomic E-state index is 0.0656. The average Bonchev–Trinajstić information content (AvgIpc) is 3.32. The van der Waals surface area contributed by atoms with E-state index in [0.717, 1.165) is 5.56 Å². The van der Waals surface area contributed by atoms with Crippen molar-refractivity contribution in [2.45, 2.75) is 19.0 Å². The second-order valence-corrected chi connectivity index (χ2v) is 6.61. The zero-order valence-electron chi connectivity index (χ0n) is 14.5. The van der Waals surface area contributed by atoms with E-state index in [1.165, 1.54) is 0 Å². The van der Waals surface area contributed by atoms with Gasteiger partial charge in [0, 0.05) is 37.1 Å². The van der Waals surface area contributed by atoms with Crippen LogP contribution in [0.3, 0.4) is 0 Å². The number of pyridine rings is 1. The first-order valence-electron chi connectivity index (χ1n) is 8.57. The summed E-state index contributed by atoms with van der Waals surface area (Å²) in [5, 5.41) is 4.13. The van der Waals surface area contributed by atoms with Crippen molar-refractivity contribution >= 4 is 5.91 Å². The van der Waals surface area contributed by atoms with Crippen LogP contribution in [0.2, 0.25) is 0 Å². The molecule has 26 heavy (non-hydrogen) atoms. The van der Waals surface area contributed by atoms with Crippen molar-refractivity contribution in [3.05, 3.63) is 77.7 Å². The van der Waals surface area contributed by atoms with E-state index >= 15 is 4.39 Å². The van der Waals surface area contributed by atoms with Gasteiger partial charge in [0.05, 0.1) is 6.54 Å². The second kappa shape index (κ2) is 6.37. The molecule has 0 aliphatic carbocycles. The molecule has 1 fully saturated rings.